The van der Waals surface area contributed by atoms with Crippen molar-refractivity contribution in [3.05, 3.63) is 0 Å². The van der Waals surface area contributed by atoms with Gasteiger partial charge < -0.3 is 9.47 Å². The fourth-order valence-electron chi connectivity index (χ4n) is 4.17. The van der Waals surface area contributed by atoms with Crippen LogP contribution < -0.4 is 11.3 Å². The van der Waals surface area contributed by atoms with Gasteiger partial charge in [0.15, 0.2) is 0 Å². The number of rotatable bonds is 4. The Morgan fingerprint density at radius 3 is 2.76 bits per heavy atom. The smallest absolute Gasteiger partial charge is 0.0701 e. The second-order valence-electron chi connectivity index (χ2n) is 6.89. The molecule has 0 amide bonds. The lowest BCUT2D eigenvalue weighted by Crippen LogP contribution is -2.51. The van der Waals surface area contributed by atoms with Crippen molar-refractivity contribution in [3.63, 3.8) is 0 Å². The Morgan fingerprint density at radius 1 is 1.19 bits per heavy atom. The first-order chi connectivity index (χ1) is 10.3. The van der Waals surface area contributed by atoms with Crippen LogP contribution >= 0.6 is 11.8 Å². The number of nitrogens with one attached hydrogen (secondary N) is 1. The van der Waals surface area contributed by atoms with Gasteiger partial charge in [-0.15, -0.1) is 0 Å². The molecule has 0 aliphatic carbocycles. The average Bonchev–Trinajstić information content (AvgIpc) is 2.54. The van der Waals surface area contributed by atoms with Crippen LogP contribution in [0, 0.1) is 5.92 Å². The van der Waals surface area contributed by atoms with E-state index in [1.54, 1.807) is 0 Å². The Kier molecular flexibility index (Phi) is 5.85. The summed E-state index contributed by atoms with van der Waals surface area (Å²) in [4.78, 5) is 0. The second kappa shape index (κ2) is 7.64. The molecule has 1 spiro atoms. The quantitative estimate of drug-likeness (QED) is 0.617. The molecule has 0 aromatic heterocycles. The minimum absolute atomic E-state index is 0.149. The highest BCUT2D eigenvalue weighted by molar-refractivity contribution is 7.99. The maximum Gasteiger partial charge on any atom is 0.0701 e. The molecule has 0 saturated carbocycles. The highest BCUT2D eigenvalue weighted by Crippen LogP contribution is 2.41. The zero-order valence-electron chi connectivity index (χ0n) is 13.0. The predicted octanol–water partition coefficient (Wildman–Crippen LogP) is 2.47. The minimum Gasteiger partial charge on any atom is -0.378 e. The number of hydrogen-bond donors (Lipinski definition) is 2. The van der Waals surface area contributed by atoms with Crippen molar-refractivity contribution in [2.24, 2.45) is 11.8 Å². The summed E-state index contributed by atoms with van der Waals surface area (Å²) in [7, 11) is 0. The van der Waals surface area contributed by atoms with Crippen LogP contribution in [0.5, 0.6) is 0 Å². The van der Waals surface area contributed by atoms with Crippen LogP contribution in [-0.4, -0.2) is 42.5 Å². The molecular weight excluding hydrogens is 284 g/mol. The number of nitrogens with two attached hydrogens (primary N) is 1. The lowest BCUT2D eigenvalue weighted by molar-refractivity contribution is -0.110. The van der Waals surface area contributed by atoms with E-state index in [0.717, 1.165) is 26.1 Å². The molecule has 5 heteroatoms. The van der Waals surface area contributed by atoms with E-state index in [1.807, 2.05) is 0 Å². The van der Waals surface area contributed by atoms with Crippen LogP contribution in [0.2, 0.25) is 0 Å². The number of hydrogen-bond acceptors (Lipinski definition) is 5. The molecule has 3 fully saturated rings. The first-order valence-corrected chi connectivity index (χ1v) is 9.76. The largest absolute Gasteiger partial charge is 0.378 e. The van der Waals surface area contributed by atoms with Crippen LogP contribution in [0.15, 0.2) is 0 Å². The lowest BCUT2D eigenvalue weighted by Gasteiger charge is -2.45. The Morgan fingerprint density at radius 2 is 2.05 bits per heavy atom. The van der Waals surface area contributed by atoms with Crippen molar-refractivity contribution in [2.45, 2.75) is 69.1 Å². The van der Waals surface area contributed by atoms with Crippen molar-refractivity contribution in [3.8, 4) is 0 Å². The summed E-state index contributed by atoms with van der Waals surface area (Å²) in [6.45, 7) is 1.83. The molecule has 3 saturated heterocycles. The van der Waals surface area contributed by atoms with E-state index in [9.17, 15) is 0 Å². The van der Waals surface area contributed by atoms with E-state index < -0.39 is 0 Å². The van der Waals surface area contributed by atoms with Crippen LogP contribution in [0.25, 0.3) is 0 Å². The first-order valence-electron chi connectivity index (χ1n) is 8.61. The number of hydrazine groups is 1. The second-order valence-corrected chi connectivity index (χ2v) is 8.12. The van der Waals surface area contributed by atoms with Gasteiger partial charge in [-0.3, -0.25) is 11.3 Å². The van der Waals surface area contributed by atoms with E-state index in [0.29, 0.717) is 18.1 Å². The summed E-state index contributed by atoms with van der Waals surface area (Å²) >= 11 is 2.07. The van der Waals surface area contributed by atoms with Gasteiger partial charge >= 0.3 is 0 Å². The molecule has 0 bridgehead atoms. The Bertz CT molecular complexity index is 312. The van der Waals surface area contributed by atoms with Gasteiger partial charge in [-0.2, -0.15) is 11.8 Å². The van der Waals surface area contributed by atoms with Crippen LogP contribution in [0.1, 0.15) is 51.4 Å². The van der Waals surface area contributed by atoms with Crippen molar-refractivity contribution >= 4 is 11.8 Å². The van der Waals surface area contributed by atoms with E-state index in [-0.39, 0.29) is 5.60 Å². The van der Waals surface area contributed by atoms with Gasteiger partial charge in [-0.25, -0.2) is 0 Å². The molecular formula is C16H30N2O2S. The molecule has 3 heterocycles. The summed E-state index contributed by atoms with van der Waals surface area (Å²) in [5.74, 6) is 9.02. The summed E-state index contributed by atoms with van der Waals surface area (Å²) in [5, 5.41) is 0. The summed E-state index contributed by atoms with van der Waals surface area (Å²) in [5.41, 5.74) is 3.25. The third-order valence-corrected chi connectivity index (χ3v) is 6.49. The molecule has 3 aliphatic rings. The van der Waals surface area contributed by atoms with E-state index in [4.69, 9.17) is 15.3 Å². The molecule has 3 rings (SSSR count). The third-order valence-electron chi connectivity index (χ3n) is 5.51. The zero-order valence-corrected chi connectivity index (χ0v) is 13.8. The van der Waals surface area contributed by atoms with E-state index in [1.165, 1.54) is 50.0 Å². The number of thioether (sulfide) groups is 1. The van der Waals surface area contributed by atoms with Crippen molar-refractivity contribution in [1.82, 2.24) is 5.43 Å². The molecule has 3 atom stereocenters. The lowest BCUT2D eigenvalue weighted by atomic mass is 9.77. The van der Waals surface area contributed by atoms with Crippen LogP contribution in [-0.2, 0) is 9.47 Å². The zero-order chi connectivity index (χ0) is 14.5. The molecule has 3 aliphatic heterocycles. The fourth-order valence-corrected chi connectivity index (χ4v) is 5.41. The molecule has 0 aromatic carbocycles. The van der Waals surface area contributed by atoms with Gasteiger partial charge in [0.2, 0.25) is 0 Å². The Balaban J connectivity index is 1.57. The highest BCUT2D eigenvalue weighted by atomic mass is 32.2. The maximum atomic E-state index is 6.21. The highest BCUT2D eigenvalue weighted by Gasteiger charge is 2.41. The summed E-state index contributed by atoms with van der Waals surface area (Å²) in [6, 6.07) is 0.378. The van der Waals surface area contributed by atoms with Gasteiger partial charge in [0.25, 0.3) is 0 Å². The average molecular weight is 314 g/mol. The monoisotopic (exact) mass is 314 g/mol. The molecule has 4 nitrogen and oxygen atoms in total. The van der Waals surface area contributed by atoms with Gasteiger partial charge in [0.1, 0.15) is 0 Å². The van der Waals surface area contributed by atoms with E-state index >= 15 is 0 Å². The molecule has 21 heavy (non-hydrogen) atoms. The van der Waals surface area contributed by atoms with Crippen molar-refractivity contribution in [2.75, 3.05) is 24.7 Å². The Hall–Kier alpha value is 0.190. The normalized spacial score (nSPS) is 34.7. The van der Waals surface area contributed by atoms with Gasteiger partial charge in [0, 0.05) is 19.3 Å². The molecule has 0 radical (unpaired) electrons. The molecule has 3 N–H and O–H groups in total. The Labute approximate surface area is 132 Å². The van der Waals surface area contributed by atoms with E-state index in [2.05, 4.69) is 17.2 Å². The SMILES string of the molecule is NNC(CC1CCCCO1)C1CCOC2(CCSCC2)C1. The standard InChI is InChI=1S/C16H30N2O2S/c17-18-15(11-14-3-1-2-7-19-14)13-4-8-20-16(12-13)5-9-21-10-6-16/h13-15,18H,1-12,17H2. The predicted molar refractivity (Wildman–Crippen MR) is 87.3 cm³/mol. The summed E-state index contributed by atoms with van der Waals surface area (Å²) < 4.78 is 12.1. The van der Waals surface area contributed by atoms with Gasteiger partial charge in [-0.05, 0) is 68.8 Å². The third kappa shape index (κ3) is 4.14. The minimum atomic E-state index is 0.149. The molecule has 0 aromatic rings. The van der Waals surface area contributed by atoms with Gasteiger partial charge in [0.05, 0.1) is 11.7 Å². The topological polar surface area (TPSA) is 56.5 Å². The maximum absolute atomic E-state index is 6.21. The molecule has 122 valence electrons. The summed E-state index contributed by atoms with van der Waals surface area (Å²) in [6.07, 6.45) is 9.92. The van der Waals surface area contributed by atoms with Crippen LogP contribution in [0.3, 0.4) is 0 Å². The first kappa shape index (κ1) is 16.1. The van der Waals surface area contributed by atoms with Gasteiger partial charge in [-0.1, -0.05) is 0 Å². The van der Waals surface area contributed by atoms with Crippen molar-refractivity contribution < 1.29 is 9.47 Å². The fraction of sp³-hybridized carbons (Fsp3) is 1.00. The van der Waals surface area contributed by atoms with Crippen molar-refractivity contribution in [1.29, 1.82) is 0 Å². The van der Waals surface area contributed by atoms with Crippen LogP contribution in [0.4, 0.5) is 0 Å². The molecule has 3 unspecified atom stereocenters. The number of ether oxygens (including phenoxy) is 2.